The summed E-state index contributed by atoms with van der Waals surface area (Å²) in [5.41, 5.74) is 2.37. The average molecular weight is 303 g/mol. The van der Waals surface area contributed by atoms with Crippen LogP contribution in [0.5, 0.6) is 0 Å². The Labute approximate surface area is 128 Å². The van der Waals surface area contributed by atoms with Gasteiger partial charge in [-0.3, -0.25) is 9.69 Å². The molecule has 1 aliphatic heterocycles. The predicted molar refractivity (Wildman–Crippen MR) is 83.1 cm³/mol. The molecule has 21 heavy (non-hydrogen) atoms. The Morgan fingerprint density at radius 3 is 2.81 bits per heavy atom. The number of ketones is 1. The first-order valence-electron chi connectivity index (χ1n) is 7.21. The molecule has 1 aliphatic rings. The van der Waals surface area contributed by atoms with Gasteiger partial charge in [-0.2, -0.15) is 0 Å². The zero-order valence-electron chi connectivity index (χ0n) is 12.0. The van der Waals surface area contributed by atoms with Crippen molar-refractivity contribution in [1.82, 2.24) is 4.90 Å². The highest BCUT2D eigenvalue weighted by atomic mass is 32.1. The number of Topliss-reactive ketones (excluding diaryl/α,β-unsaturated/α-hetero) is 1. The van der Waals surface area contributed by atoms with E-state index in [4.69, 9.17) is 0 Å². The van der Waals surface area contributed by atoms with Gasteiger partial charge in [-0.15, -0.1) is 11.3 Å². The number of benzene rings is 1. The predicted octanol–water partition coefficient (Wildman–Crippen LogP) is 4.43. The molecule has 3 rings (SSSR count). The van der Waals surface area contributed by atoms with Crippen molar-refractivity contribution in [3.8, 4) is 0 Å². The molecule has 0 bridgehead atoms. The van der Waals surface area contributed by atoms with Crippen molar-refractivity contribution in [3.05, 3.63) is 57.5 Å². The highest BCUT2D eigenvalue weighted by molar-refractivity contribution is 7.12. The third-order valence-electron chi connectivity index (χ3n) is 4.00. The van der Waals surface area contributed by atoms with Gasteiger partial charge in [0.2, 0.25) is 0 Å². The molecular formula is C17H18FNOS. The molecule has 1 aromatic carbocycles. The maximum atomic E-state index is 13.1. The minimum absolute atomic E-state index is 0.128. The van der Waals surface area contributed by atoms with Crippen LogP contribution in [0, 0.1) is 5.82 Å². The minimum atomic E-state index is -0.188. The summed E-state index contributed by atoms with van der Waals surface area (Å²) in [5, 5.41) is 2.07. The number of likely N-dealkylation sites (tertiary alicyclic amines) is 1. The fourth-order valence-corrected chi connectivity index (χ4v) is 3.76. The lowest BCUT2D eigenvalue weighted by atomic mass is 10.0. The van der Waals surface area contributed by atoms with E-state index in [2.05, 4.69) is 10.3 Å². The second-order valence-corrected chi connectivity index (χ2v) is 6.47. The molecule has 1 fully saturated rings. The molecule has 2 aromatic rings. The molecule has 0 amide bonds. The van der Waals surface area contributed by atoms with E-state index < -0.39 is 0 Å². The van der Waals surface area contributed by atoms with Crippen LogP contribution in [0.25, 0.3) is 0 Å². The van der Waals surface area contributed by atoms with Gasteiger partial charge in [-0.1, -0.05) is 12.1 Å². The lowest BCUT2D eigenvalue weighted by Crippen LogP contribution is -2.22. The van der Waals surface area contributed by atoms with Crippen LogP contribution in [0.3, 0.4) is 0 Å². The van der Waals surface area contributed by atoms with Crippen LogP contribution in [0.1, 0.15) is 46.6 Å². The normalized spacial score (nSPS) is 19.0. The molecule has 1 atom stereocenters. The molecule has 2 heterocycles. The number of hydrogen-bond donors (Lipinski definition) is 0. The second-order valence-electron chi connectivity index (χ2n) is 5.56. The average Bonchev–Trinajstić information content (AvgIpc) is 3.10. The smallest absolute Gasteiger partial charge is 0.169 e. The number of hydrogen-bond acceptors (Lipinski definition) is 3. The summed E-state index contributed by atoms with van der Waals surface area (Å²) in [4.78, 5) is 14.6. The van der Waals surface area contributed by atoms with Crippen LogP contribution in [0.15, 0.2) is 35.7 Å². The van der Waals surface area contributed by atoms with Gasteiger partial charge in [0, 0.05) is 12.6 Å². The van der Waals surface area contributed by atoms with Gasteiger partial charge in [0.1, 0.15) is 5.82 Å². The highest BCUT2D eigenvalue weighted by Crippen LogP contribution is 2.33. The first-order valence-corrected chi connectivity index (χ1v) is 8.09. The third-order valence-corrected chi connectivity index (χ3v) is 5.08. The monoisotopic (exact) mass is 303 g/mol. The highest BCUT2D eigenvalue weighted by Gasteiger charge is 2.26. The zero-order chi connectivity index (χ0) is 14.8. The van der Waals surface area contributed by atoms with Crippen molar-refractivity contribution < 1.29 is 9.18 Å². The molecule has 0 spiro atoms. The van der Waals surface area contributed by atoms with Gasteiger partial charge in [-0.05, 0) is 61.0 Å². The van der Waals surface area contributed by atoms with Crippen LogP contribution in [-0.2, 0) is 6.54 Å². The van der Waals surface area contributed by atoms with Gasteiger partial charge in [-0.25, -0.2) is 4.39 Å². The zero-order valence-corrected chi connectivity index (χ0v) is 12.8. The number of rotatable bonds is 4. The molecule has 0 radical (unpaired) electrons. The standard InChI is InChI=1S/C17H18FNOS/c1-12(20)17-9-13(11-21-17)10-19-8-2-3-16(19)14-4-6-15(18)7-5-14/h4-7,9,11,16H,2-3,8,10H2,1H3. The summed E-state index contributed by atoms with van der Waals surface area (Å²) >= 11 is 1.51. The van der Waals surface area contributed by atoms with Crippen molar-refractivity contribution in [3.63, 3.8) is 0 Å². The molecule has 110 valence electrons. The fraction of sp³-hybridized carbons (Fsp3) is 0.353. The number of halogens is 1. The Morgan fingerprint density at radius 1 is 1.38 bits per heavy atom. The summed E-state index contributed by atoms with van der Waals surface area (Å²) in [6.07, 6.45) is 2.26. The molecule has 0 N–H and O–H groups in total. The maximum absolute atomic E-state index is 13.1. The van der Waals surface area contributed by atoms with E-state index in [0.29, 0.717) is 6.04 Å². The topological polar surface area (TPSA) is 20.3 Å². The molecule has 0 saturated carbocycles. The van der Waals surface area contributed by atoms with E-state index in [-0.39, 0.29) is 11.6 Å². The van der Waals surface area contributed by atoms with Gasteiger partial charge in [0.25, 0.3) is 0 Å². The molecule has 1 unspecified atom stereocenters. The minimum Gasteiger partial charge on any atom is -0.294 e. The van der Waals surface area contributed by atoms with Crippen molar-refractivity contribution in [1.29, 1.82) is 0 Å². The molecule has 2 nitrogen and oxygen atoms in total. The largest absolute Gasteiger partial charge is 0.294 e. The van der Waals surface area contributed by atoms with Crippen LogP contribution in [0.4, 0.5) is 4.39 Å². The fourth-order valence-electron chi connectivity index (χ4n) is 2.96. The number of carbonyl (C=O) groups is 1. The van der Waals surface area contributed by atoms with E-state index in [1.807, 2.05) is 18.2 Å². The van der Waals surface area contributed by atoms with E-state index in [0.717, 1.165) is 30.8 Å². The van der Waals surface area contributed by atoms with Crippen molar-refractivity contribution >= 4 is 17.1 Å². The molecular weight excluding hydrogens is 285 g/mol. The quantitative estimate of drug-likeness (QED) is 0.779. The van der Waals surface area contributed by atoms with Crippen LogP contribution in [0.2, 0.25) is 0 Å². The maximum Gasteiger partial charge on any atom is 0.169 e. The first kappa shape index (κ1) is 14.4. The van der Waals surface area contributed by atoms with Gasteiger partial charge in [0.15, 0.2) is 5.78 Å². The number of thiophene rings is 1. The van der Waals surface area contributed by atoms with E-state index in [1.54, 1.807) is 6.92 Å². The molecule has 1 saturated heterocycles. The summed E-state index contributed by atoms with van der Waals surface area (Å²) in [7, 11) is 0. The third kappa shape index (κ3) is 3.22. The van der Waals surface area contributed by atoms with Gasteiger partial charge >= 0.3 is 0 Å². The lowest BCUT2D eigenvalue weighted by Gasteiger charge is -2.24. The lowest BCUT2D eigenvalue weighted by molar-refractivity contribution is 0.102. The van der Waals surface area contributed by atoms with Crippen LogP contribution < -0.4 is 0 Å². The summed E-state index contributed by atoms with van der Waals surface area (Å²) in [6, 6.07) is 9.17. The summed E-state index contributed by atoms with van der Waals surface area (Å²) < 4.78 is 13.1. The van der Waals surface area contributed by atoms with Crippen molar-refractivity contribution in [2.75, 3.05) is 6.54 Å². The first-order chi connectivity index (χ1) is 10.1. The molecule has 0 aliphatic carbocycles. The molecule has 1 aromatic heterocycles. The summed E-state index contributed by atoms with van der Waals surface area (Å²) in [5.74, 6) is -0.0602. The Balaban J connectivity index is 1.74. The number of nitrogens with zero attached hydrogens (tertiary/aromatic N) is 1. The van der Waals surface area contributed by atoms with Crippen molar-refractivity contribution in [2.45, 2.75) is 32.4 Å². The number of carbonyl (C=O) groups excluding carboxylic acids is 1. The van der Waals surface area contributed by atoms with E-state index in [9.17, 15) is 9.18 Å². The Morgan fingerprint density at radius 2 is 2.14 bits per heavy atom. The molecule has 4 heteroatoms. The van der Waals surface area contributed by atoms with Crippen LogP contribution >= 0.6 is 11.3 Å². The Bertz CT molecular complexity index is 634. The van der Waals surface area contributed by atoms with Crippen LogP contribution in [-0.4, -0.2) is 17.2 Å². The van der Waals surface area contributed by atoms with Gasteiger partial charge < -0.3 is 0 Å². The van der Waals surface area contributed by atoms with E-state index >= 15 is 0 Å². The SMILES string of the molecule is CC(=O)c1cc(CN2CCCC2c2ccc(F)cc2)cs1. The Hall–Kier alpha value is -1.52. The van der Waals surface area contributed by atoms with E-state index in [1.165, 1.54) is 34.6 Å². The summed E-state index contributed by atoms with van der Waals surface area (Å²) in [6.45, 7) is 3.51. The Kier molecular flexibility index (Phi) is 4.17. The van der Waals surface area contributed by atoms with Crippen molar-refractivity contribution in [2.24, 2.45) is 0 Å². The van der Waals surface area contributed by atoms with Gasteiger partial charge in [0.05, 0.1) is 4.88 Å². The second kappa shape index (κ2) is 6.08.